The molecule has 0 unspecified atom stereocenters. The topological polar surface area (TPSA) is 59.2 Å². The number of pyridine rings is 1. The predicted molar refractivity (Wildman–Crippen MR) is 102 cm³/mol. The van der Waals surface area contributed by atoms with E-state index in [1.807, 2.05) is 59.6 Å². The summed E-state index contributed by atoms with van der Waals surface area (Å²) < 4.78 is 0. The number of aromatic nitrogens is 1. The average Bonchev–Trinajstić information content (AvgIpc) is 2.66. The largest absolute Gasteiger partial charge is 0.398 e. The van der Waals surface area contributed by atoms with E-state index in [0.29, 0.717) is 6.54 Å². The molecule has 0 atom stereocenters. The van der Waals surface area contributed by atoms with Gasteiger partial charge in [-0.1, -0.05) is 30.3 Å². The number of hydrogen-bond acceptors (Lipinski definition) is 3. The molecule has 0 bridgehead atoms. The first-order valence-electron chi connectivity index (χ1n) is 8.44. The quantitative estimate of drug-likeness (QED) is 0.574. The number of nitrogen functional groups attached to an aromatic ring is 1. The molecule has 124 valence electrons. The van der Waals surface area contributed by atoms with Gasteiger partial charge in [0.15, 0.2) is 0 Å². The van der Waals surface area contributed by atoms with Gasteiger partial charge in [0.25, 0.3) is 5.91 Å². The Hall–Kier alpha value is -3.14. The summed E-state index contributed by atoms with van der Waals surface area (Å²) in [6.07, 6.45) is 8.94. The van der Waals surface area contributed by atoms with Gasteiger partial charge in [0.05, 0.1) is 0 Å². The first-order chi connectivity index (χ1) is 12.2. The van der Waals surface area contributed by atoms with Gasteiger partial charge >= 0.3 is 0 Å². The van der Waals surface area contributed by atoms with Crippen LogP contribution in [-0.2, 0) is 11.2 Å². The maximum atomic E-state index is 12.8. The van der Waals surface area contributed by atoms with Crippen molar-refractivity contribution in [1.82, 2.24) is 4.98 Å². The third kappa shape index (κ3) is 2.87. The van der Waals surface area contributed by atoms with Crippen molar-refractivity contribution in [2.45, 2.75) is 12.8 Å². The summed E-state index contributed by atoms with van der Waals surface area (Å²) in [5.41, 5.74) is 9.77. The monoisotopic (exact) mass is 329 g/mol. The molecule has 4 rings (SSSR count). The van der Waals surface area contributed by atoms with Crippen LogP contribution >= 0.6 is 0 Å². The Morgan fingerprint density at radius 1 is 1.12 bits per heavy atom. The number of rotatable bonds is 2. The predicted octanol–water partition coefficient (Wildman–Crippen LogP) is 3.81. The summed E-state index contributed by atoms with van der Waals surface area (Å²) in [4.78, 5) is 18.8. The third-order valence-electron chi connectivity index (χ3n) is 4.66. The fraction of sp³-hybridized carbons (Fsp3) is 0.143. The second-order valence-corrected chi connectivity index (χ2v) is 6.22. The molecule has 1 aromatic heterocycles. The van der Waals surface area contributed by atoms with Crippen molar-refractivity contribution < 1.29 is 4.79 Å². The van der Waals surface area contributed by atoms with Gasteiger partial charge in [-0.15, -0.1) is 0 Å². The molecule has 2 aromatic carbocycles. The molecule has 4 heteroatoms. The van der Waals surface area contributed by atoms with E-state index in [-0.39, 0.29) is 5.91 Å². The molecule has 4 nitrogen and oxygen atoms in total. The fourth-order valence-corrected chi connectivity index (χ4v) is 3.40. The van der Waals surface area contributed by atoms with Crippen LogP contribution in [0.2, 0.25) is 0 Å². The normalized spacial score (nSPS) is 14.0. The number of nitrogens with zero attached hydrogens (tertiary/aromatic N) is 2. The number of fused-ring (bicyclic) bond motifs is 2. The number of hydrogen-bond donors (Lipinski definition) is 1. The van der Waals surface area contributed by atoms with Crippen LogP contribution in [-0.4, -0.2) is 17.4 Å². The van der Waals surface area contributed by atoms with Crippen LogP contribution in [0.25, 0.3) is 16.8 Å². The highest BCUT2D eigenvalue weighted by molar-refractivity contribution is 6.06. The Labute approximate surface area is 146 Å². The van der Waals surface area contributed by atoms with Gasteiger partial charge in [0.1, 0.15) is 0 Å². The molecule has 0 saturated carbocycles. The molecule has 3 aromatic rings. The van der Waals surface area contributed by atoms with E-state index in [0.717, 1.165) is 46.1 Å². The first-order valence-corrected chi connectivity index (χ1v) is 8.44. The summed E-state index contributed by atoms with van der Waals surface area (Å²) >= 11 is 0. The zero-order chi connectivity index (χ0) is 17.2. The van der Waals surface area contributed by atoms with Gasteiger partial charge in [-0.3, -0.25) is 9.78 Å². The molecule has 2 heterocycles. The molecule has 1 amide bonds. The van der Waals surface area contributed by atoms with Crippen molar-refractivity contribution >= 4 is 34.1 Å². The second-order valence-electron chi connectivity index (χ2n) is 6.22. The van der Waals surface area contributed by atoms with Crippen LogP contribution in [0.5, 0.6) is 0 Å². The van der Waals surface area contributed by atoms with Crippen molar-refractivity contribution in [1.29, 1.82) is 0 Å². The number of benzene rings is 2. The molecule has 25 heavy (non-hydrogen) atoms. The van der Waals surface area contributed by atoms with Crippen LogP contribution < -0.4 is 10.6 Å². The fourth-order valence-electron chi connectivity index (χ4n) is 3.40. The minimum absolute atomic E-state index is 0.0283. The van der Waals surface area contributed by atoms with Crippen LogP contribution in [0, 0.1) is 0 Å². The minimum Gasteiger partial charge on any atom is -0.398 e. The Balaban J connectivity index is 1.65. The summed E-state index contributed by atoms with van der Waals surface area (Å²) in [6.45, 7) is 0.716. The number of nitrogens with two attached hydrogens (primary N) is 1. The first kappa shape index (κ1) is 15.4. The zero-order valence-electron chi connectivity index (χ0n) is 13.9. The van der Waals surface area contributed by atoms with Crippen LogP contribution in [0.3, 0.4) is 0 Å². The lowest BCUT2D eigenvalue weighted by Crippen LogP contribution is -2.34. The molecule has 1 aliphatic rings. The van der Waals surface area contributed by atoms with Gasteiger partial charge in [0, 0.05) is 47.3 Å². The highest BCUT2D eigenvalue weighted by Crippen LogP contribution is 2.31. The SMILES string of the molecule is Nc1cccc2c1CCCN2C(=O)/C=C/c1cncc2ccccc12. The van der Waals surface area contributed by atoms with Gasteiger partial charge in [-0.05, 0) is 42.0 Å². The molecule has 0 aliphatic carbocycles. The number of amides is 1. The molecule has 2 N–H and O–H groups in total. The number of anilines is 2. The minimum atomic E-state index is -0.0283. The van der Waals surface area contributed by atoms with Crippen LogP contribution in [0.4, 0.5) is 11.4 Å². The Kier molecular flexibility index (Phi) is 3.94. The molecule has 0 fully saturated rings. The van der Waals surface area contributed by atoms with Gasteiger partial charge in [-0.2, -0.15) is 0 Å². The molecule has 0 saturated heterocycles. The molecule has 0 spiro atoms. The number of carbonyl (C=O) groups is 1. The van der Waals surface area contributed by atoms with E-state index in [9.17, 15) is 4.79 Å². The average molecular weight is 329 g/mol. The Bertz CT molecular complexity index is 973. The van der Waals surface area contributed by atoms with E-state index in [1.54, 1.807) is 12.3 Å². The van der Waals surface area contributed by atoms with Gasteiger partial charge in [-0.25, -0.2) is 0 Å². The molecule has 0 radical (unpaired) electrons. The maximum absolute atomic E-state index is 12.8. The Morgan fingerprint density at radius 3 is 2.92 bits per heavy atom. The smallest absolute Gasteiger partial charge is 0.250 e. The van der Waals surface area contributed by atoms with Crippen molar-refractivity contribution in [2.24, 2.45) is 0 Å². The van der Waals surface area contributed by atoms with E-state index in [2.05, 4.69) is 4.98 Å². The second kappa shape index (κ2) is 6.40. The van der Waals surface area contributed by atoms with Gasteiger partial charge < -0.3 is 10.6 Å². The lowest BCUT2D eigenvalue weighted by Gasteiger charge is -2.29. The standard InChI is InChI=1S/C21H19N3O/c22-19-8-3-9-20-18(19)7-4-12-24(20)21(25)11-10-16-14-23-13-15-5-1-2-6-17(15)16/h1-3,5-6,8-11,13-14H,4,7,12,22H2/b11-10+. The highest BCUT2D eigenvalue weighted by atomic mass is 16.2. The van der Waals surface area contributed by atoms with E-state index in [4.69, 9.17) is 5.73 Å². The molecule has 1 aliphatic heterocycles. The van der Waals surface area contributed by atoms with Crippen LogP contribution in [0.1, 0.15) is 17.5 Å². The summed E-state index contributed by atoms with van der Waals surface area (Å²) in [6, 6.07) is 13.8. The van der Waals surface area contributed by atoms with E-state index >= 15 is 0 Å². The van der Waals surface area contributed by atoms with Crippen molar-refractivity contribution in [3.63, 3.8) is 0 Å². The lowest BCUT2D eigenvalue weighted by atomic mass is 9.99. The summed E-state index contributed by atoms with van der Waals surface area (Å²) in [5, 5.41) is 2.15. The van der Waals surface area contributed by atoms with Crippen molar-refractivity contribution in [3.8, 4) is 0 Å². The van der Waals surface area contributed by atoms with Crippen LogP contribution in [0.15, 0.2) is 60.9 Å². The molecular weight excluding hydrogens is 310 g/mol. The highest BCUT2D eigenvalue weighted by Gasteiger charge is 2.22. The summed E-state index contributed by atoms with van der Waals surface area (Å²) in [5.74, 6) is -0.0283. The summed E-state index contributed by atoms with van der Waals surface area (Å²) in [7, 11) is 0. The van der Waals surface area contributed by atoms with E-state index in [1.165, 1.54) is 0 Å². The zero-order valence-corrected chi connectivity index (χ0v) is 13.9. The Morgan fingerprint density at radius 2 is 2.00 bits per heavy atom. The van der Waals surface area contributed by atoms with Crippen molar-refractivity contribution in [3.05, 3.63) is 72.1 Å². The lowest BCUT2D eigenvalue weighted by molar-refractivity contribution is -0.114. The van der Waals surface area contributed by atoms with Gasteiger partial charge in [0.2, 0.25) is 0 Å². The maximum Gasteiger partial charge on any atom is 0.250 e. The number of carbonyl (C=O) groups excluding carboxylic acids is 1. The molecular formula is C21H19N3O. The third-order valence-corrected chi connectivity index (χ3v) is 4.66. The van der Waals surface area contributed by atoms with Crippen molar-refractivity contribution in [2.75, 3.05) is 17.2 Å². The van der Waals surface area contributed by atoms with E-state index < -0.39 is 0 Å².